The van der Waals surface area contributed by atoms with Crippen LogP contribution in [-0.4, -0.2) is 5.91 Å². The number of rotatable bonds is 0. The Morgan fingerprint density at radius 1 is 0.895 bits per heavy atom. The largest absolute Gasteiger partial charge is 0.326 e. The fraction of sp³-hybridized carbons (Fsp3) is 0.471. The van der Waals surface area contributed by atoms with E-state index < -0.39 is 0 Å². The zero-order valence-corrected chi connectivity index (χ0v) is 11.5. The summed E-state index contributed by atoms with van der Waals surface area (Å²) in [5.41, 5.74) is 2.04. The lowest BCUT2D eigenvalue weighted by Crippen LogP contribution is -2.11. The van der Waals surface area contributed by atoms with Crippen LogP contribution in [0.1, 0.15) is 56.9 Å². The molecule has 0 unspecified atom stereocenters. The molecule has 2 rings (SSSR count). The number of benzene rings is 1. The number of allylic oxidation sites excluding steroid dienone is 1. The molecular weight excluding hydrogens is 234 g/mol. The lowest BCUT2D eigenvalue weighted by Gasteiger charge is -2.09. The van der Waals surface area contributed by atoms with Crippen LogP contribution in [0, 0.1) is 0 Å². The van der Waals surface area contributed by atoms with Gasteiger partial charge in [0.15, 0.2) is 0 Å². The predicted octanol–water partition coefficient (Wildman–Crippen LogP) is 4.77. The van der Waals surface area contributed by atoms with Gasteiger partial charge >= 0.3 is 0 Å². The highest BCUT2D eigenvalue weighted by Gasteiger charge is 2.05. The molecule has 0 atom stereocenters. The van der Waals surface area contributed by atoms with E-state index in [1.54, 1.807) is 0 Å². The van der Waals surface area contributed by atoms with Gasteiger partial charge in [0.2, 0.25) is 5.91 Å². The molecule has 0 fully saturated rings. The van der Waals surface area contributed by atoms with Gasteiger partial charge in [-0.1, -0.05) is 56.0 Å². The second-order valence-corrected chi connectivity index (χ2v) is 5.20. The number of fused-ring (bicyclic) bond motifs is 1. The van der Waals surface area contributed by atoms with E-state index in [9.17, 15) is 4.79 Å². The van der Waals surface area contributed by atoms with Crippen molar-refractivity contribution in [2.24, 2.45) is 0 Å². The Morgan fingerprint density at radius 3 is 2.53 bits per heavy atom. The highest BCUT2D eigenvalue weighted by atomic mass is 16.1. The van der Waals surface area contributed by atoms with Gasteiger partial charge in [-0.25, -0.2) is 0 Å². The summed E-state index contributed by atoms with van der Waals surface area (Å²) in [5, 5.41) is 3.02. The smallest absolute Gasteiger partial charge is 0.224 e. The fourth-order valence-corrected chi connectivity index (χ4v) is 2.43. The normalized spacial score (nSPS) is 19.9. The zero-order valence-electron chi connectivity index (χ0n) is 11.5. The Labute approximate surface area is 115 Å². The Balaban J connectivity index is 2.08. The molecule has 1 aliphatic rings. The zero-order chi connectivity index (χ0) is 13.3. The van der Waals surface area contributed by atoms with Crippen LogP contribution in [0.5, 0.6) is 0 Å². The molecule has 0 spiro atoms. The number of carbonyl (C=O) groups excluding carboxylic acids is 1. The van der Waals surface area contributed by atoms with Crippen LogP contribution < -0.4 is 5.32 Å². The number of amides is 1. The van der Waals surface area contributed by atoms with E-state index in [1.165, 1.54) is 32.1 Å². The molecule has 1 aliphatic heterocycles. The SMILES string of the molecule is O=C1CCCCCCCC/C=C/c2ccccc2N1. The molecule has 0 radical (unpaired) electrons. The van der Waals surface area contributed by atoms with Gasteiger partial charge in [-0.15, -0.1) is 0 Å². The number of hydrogen-bond donors (Lipinski definition) is 1. The molecule has 1 aromatic carbocycles. The van der Waals surface area contributed by atoms with Gasteiger partial charge in [0, 0.05) is 12.1 Å². The van der Waals surface area contributed by atoms with Crippen molar-refractivity contribution in [1.82, 2.24) is 0 Å². The highest BCUT2D eigenvalue weighted by Crippen LogP contribution is 2.19. The molecule has 19 heavy (non-hydrogen) atoms. The third-order valence-electron chi connectivity index (χ3n) is 3.56. The van der Waals surface area contributed by atoms with E-state index in [0.29, 0.717) is 6.42 Å². The van der Waals surface area contributed by atoms with Crippen molar-refractivity contribution in [3.8, 4) is 0 Å². The van der Waals surface area contributed by atoms with Crippen molar-refractivity contribution in [1.29, 1.82) is 0 Å². The van der Waals surface area contributed by atoms with E-state index >= 15 is 0 Å². The summed E-state index contributed by atoms with van der Waals surface area (Å²) in [5.74, 6) is 0.137. The van der Waals surface area contributed by atoms with E-state index in [1.807, 2.05) is 18.2 Å². The summed E-state index contributed by atoms with van der Waals surface area (Å²) in [7, 11) is 0. The Bertz CT molecular complexity index is 437. The van der Waals surface area contributed by atoms with Crippen molar-refractivity contribution >= 4 is 17.7 Å². The molecule has 0 saturated carbocycles. The average molecular weight is 257 g/mol. The first-order chi connectivity index (χ1) is 9.36. The van der Waals surface area contributed by atoms with Crippen LogP contribution >= 0.6 is 0 Å². The van der Waals surface area contributed by atoms with Crippen molar-refractivity contribution in [2.45, 2.75) is 51.4 Å². The lowest BCUT2D eigenvalue weighted by atomic mass is 10.1. The quantitative estimate of drug-likeness (QED) is 0.712. The van der Waals surface area contributed by atoms with Crippen molar-refractivity contribution in [2.75, 3.05) is 5.32 Å². The number of nitrogens with one attached hydrogen (secondary N) is 1. The van der Waals surface area contributed by atoms with Crippen LogP contribution in [0.2, 0.25) is 0 Å². The molecule has 1 heterocycles. The number of anilines is 1. The van der Waals surface area contributed by atoms with Crippen LogP contribution in [0.25, 0.3) is 6.08 Å². The predicted molar refractivity (Wildman–Crippen MR) is 81.0 cm³/mol. The number of carbonyl (C=O) groups is 1. The Morgan fingerprint density at radius 2 is 1.63 bits per heavy atom. The Kier molecular flexibility index (Phi) is 5.67. The van der Waals surface area contributed by atoms with Gasteiger partial charge in [-0.05, 0) is 30.9 Å². The molecule has 0 aliphatic carbocycles. The first kappa shape index (κ1) is 13.9. The molecule has 2 nitrogen and oxygen atoms in total. The highest BCUT2D eigenvalue weighted by molar-refractivity contribution is 5.92. The van der Waals surface area contributed by atoms with Crippen LogP contribution in [0.3, 0.4) is 0 Å². The second kappa shape index (κ2) is 7.78. The molecule has 0 bridgehead atoms. The maximum absolute atomic E-state index is 11.9. The molecule has 1 aromatic rings. The van der Waals surface area contributed by atoms with Gasteiger partial charge < -0.3 is 5.32 Å². The van der Waals surface area contributed by atoms with Crippen LogP contribution in [0.4, 0.5) is 5.69 Å². The van der Waals surface area contributed by atoms with Gasteiger partial charge in [0.1, 0.15) is 0 Å². The molecule has 1 amide bonds. The van der Waals surface area contributed by atoms with Crippen molar-refractivity contribution < 1.29 is 4.79 Å². The summed E-state index contributed by atoms with van der Waals surface area (Å²) in [6.45, 7) is 0. The minimum absolute atomic E-state index is 0.137. The minimum Gasteiger partial charge on any atom is -0.326 e. The van der Waals surface area contributed by atoms with Gasteiger partial charge in [-0.3, -0.25) is 4.79 Å². The third kappa shape index (κ3) is 4.90. The molecule has 0 aromatic heterocycles. The van der Waals surface area contributed by atoms with E-state index in [0.717, 1.165) is 24.1 Å². The number of hydrogen-bond acceptors (Lipinski definition) is 1. The second-order valence-electron chi connectivity index (χ2n) is 5.20. The maximum atomic E-state index is 11.9. The van der Waals surface area contributed by atoms with Gasteiger partial charge in [-0.2, -0.15) is 0 Å². The van der Waals surface area contributed by atoms with Crippen molar-refractivity contribution in [3.63, 3.8) is 0 Å². The van der Waals surface area contributed by atoms with E-state index in [4.69, 9.17) is 0 Å². The molecule has 0 saturated heterocycles. The summed E-state index contributed by atoms with van der Waals surface area (Å²) in [6.07, 6.45) is 13.4. The summed E-state index contributed by atoms with van der Waals surface area (Å²) in [6, 6.07) is 8.01. The fourth-order valence-electron chi connectivity index (χ4n) is 2.43. The topological polar surface area (TPSA) is 29.1 Å². The average Bonchev–Trinajstić information content (AvgIpc) is 2.42. The molecule has 102 valence electrons. The van der Waals surface area contributed by atoms with Crippen LogP contribution in [0.15, 0.2) is 30.3 Å². The molecule has 1 N–H and O–H groups in total. The monoisotopic (exact) mass is 257 g/mol. The van der Waals surface area contributed by atoms with Gasteiger partial charge in [0.05, 0.1) is 0 Å². The summed E-state index contributed by atoms with van der Waals surface area (Å²) < 4.78 is 0. The molecular formula is C17H23NO. The van der Waals surface area contributed by atoms with E-state index in [2.05, 4.69) is 23.5 Å². The first-order valence-electron chi connectivity index (χ1n) is 7.42. The van der Waals surface area contributed by atoms with Crippen LogP contribution in [-0.2, 0) is 4.79 Å². The maximum Gasteiger partial charge on any atom is 0.224 e. The van der Waals surface area contributed by atoms with Crippen molar-refractivity contribution in [3.05, 3.63) is 35.9 Å². The van der Waals surface area contributed by atoms with E-state index in [-0.39, 0.29) is 5.91 Å². The number of para-hydroxylation sites is 1. The first-order valence-corrected chi connectivity index (χ1v) is 7.42. The lowest BCUT2D eigenvalue weighted by molar-refractivity contribution is -0.116. The standard InChI is InChI=1S/C17H23NO/c19-17-14-8-6-4-2-1-3-5-7-11-15-12-9-10-13-16(15)18-17/h7,9-13H,1-6,8,14H2,(H,18,19)/b11-7+. The minimum atomic E-state index is 0.137. The molecule has 2 heteroatoms. The summed E-state index contributed by atoms with van der Waals surface area (Å²) in [4.78, 5) is 11.9. The Hall–Kier alpha value is -1.57. The summed E-state index contributed by atoms with van der Waals surface area (Å²) >= 11 is 0. The third-order valence-corrected chi connectivity index (χ3v) is 3.56. The van der Waals surface area contributed by atoms with Gasteiger partial charge in [0.25, 0.3) is 0 Å².